The Hall–Kier alpha value is -2.87. The van der Waals surface area contributed by atoms with Gasteiger partial charge in [0.05, 0.1) is 29.8 Å². The third kappa shape index (κ3) is 3.63. The van der Waals surface area contributed by atoms with E-state index in [0.717, 1.165) is 65.2 Å². The fraction of sp³-hybridized carbons (Fsp3) is 0.514. The zero-order chi connectivity index (χ0) is 30.5. The Balaban J connectivity index is 1.18. The van der Waals surface area contributed by atoms with Crippen molar-refractivity contribution < 1.29 is 19.7 Å². The first-order chi connectivity index (χ1) is 21.1. The van der Waals surface area contributed by atoms with Crippen LogP contribution in [0.3, 0.4) is 0 Å². The number of methoxy groups -OCH3 is 1. The van der Waals surface area contributed by atoms with Gasteiger partial charge in [0.1, 0.15) is 5.75 Å². The van der Waals surface area contributed by atoms with Crippen molar-refractivity contribution in [3.05, 3.63) is 77.9 Å². The smallest absolute Gasteiger partial charge is 0.189 e. The van der Waals surface area contributed by atoms with Crippen molar-refractivity contribution in [3.8, 4) is 5.75 Å². The standard InChI is InChI=1S/C37H42N2O4S/c1-33-14-11-24(40)20-35(33)17-18-37(26(21-35)31(41)23-7-5-4-6-8-23)29(33)12-15-34(2)30(37)13-16-36(34,42)22-44-32-38-27-10-9-25(43-3)19-28(27)39-32/h4-10,17-19,21,24,29-30,40,42H,11-16,20,22H2,1-3H3,(H,38,39)/t24?,29-,30-,33-,34+,35+,36-,37-/m1/s1. The number of Topliss-reactive ketones (excluding diaryl/α,β-unsaturated/α-hetero) is 1. The van der Waals surface area contributed by atoms with E-state index in [9.17, 15) is 15.0 Å². The third-order valence-corrected chi connectivity index (χ3v) is 14.2. The third-order valence-electron chi connectivity index (χ3n) is 13.1. The molecule has 44 heavy (non-hydrogen) atoms. The predicted molar refractivity (Wildman–Crippen MR) is 173 cm³/mol. The van der Waals surface area contributed by atoms with E-state index >= 15 is 0 Å². The second-order valence-corrected chi connectivity index (χ2v) is 15.7. The average Bonchev–Trinajstić information content (AvgIpc) is 3.57. The van der Waals surface area contributed by atoms with Gasteiger partial charge in [-0.3, -0.25) is 4.79 Å². The Morgan fingerprint density at radius 2 is 1.77 bits per heavy atom. The second kappa shape index (κ2) is 9.57. The van der Waals surface area contributed by atoms with Crippen LogP contribution < -0.4 is 4.74 Å². The molecule has 0 amide bonds. The van der Waals surface area contributed by atoms with E-state index < -0.39 is 11.0 Å². The minimum absolute atomic E-state index is 0.0342. The van der Waals surface area contributed by atoms with Gasteiger partial charge >= 0.3 is 0 Å². The van der Waals surface area contributed by atoms with Gasteiger partial charge in [0.25, 0.3) is 0 Å². The number of nitrogens with zero attached hydrogens (tertiary/aromatic N) is 1. The molecular formula is C37H42N2O4S. The molecule has 1 heterocycles. The van der Waals surface area contributed by atoms with Gasteiger partial charge in [0.2, 0.25) is 0 Å². The first-order valence-electron chi connectivity index (χ1n) is 16.2. The molecule has 2 aromatic carbocycles. The first-order valence-corrected chi connectivity index (χ1v) is 17.2. The number of rotatable bonds is 6. The Kier molecular flexibility index (Phi) is 6.22. The van der Waals surface area contributed by atoms with Crippen molar-refractivity contribution in [2.45, 2.75) is 75.7 Å². The van der Waals surface area contributed by atoms with Crippen molar-refractivity contribution in [2.75, 3.05) is 12.9 Å². The Bertz CT molecular complexity index is 1720. The van der Waals surface area contributed by atoms with Crippen molar-refractivity contribution in [1.29, 1.82) is 0 Å². The van der Waals surface area contributed by atoms with E-state index in [1.165, 1.54) is 0 Å². The van der Waals surface area contributed by atoms with Gasteiger partial charge in [-0.1, -0.05) is 74.2 Å². The monoisotopic (exact) mass is 610 g/mol. The fourth-order valence-electron chi connectivity index (χ4n) is 10.7. The number of thioether (sulfide) groups is 1. The number of carbonyl (C=O) groups excluding carboxylic acids is 1. The summed E-state index contributed by atoms with van der Waals surface area (Å²) in [5, 5.41) is 24.3. The van der Waals surface area contributed by atoms with Gasteiger partial charge in [-0.15, -0.1) is 0 Å². The topological polar surface area (TPSA) is 95.4 Å². The minimum atomic E-state index is -0.900. The molecule has 0 aliphatic heterocycles. The van der Waals surface area contributed by atoms with E-state index in [1.54, 1.807) is 18.9 Å². The van der Waals surface area contributed by atoms with Crippen LogP contribution in [0.5, 0.6) is 5.75 Å². The summed E-state index contributed by atoms with van der Waals surface area (Å²) in [6, 6.07) is 15.5. The second-order valence-electron chi connectivity index (χ2n) is 14.7. The lowest BCUT2D eigenvalue weighted by Gasteiger charge is -2.71. The molecule has 6 aliphatic rings. The number of aromatic amines is 1. The van der Waals surface area contributed by atoms with Crippen LogP contribution in [0.1, 0.15) is 69.2 Å². The molecule has 2 bridgehead atoms. The number of carbonyl (C=O) groups is 1. The number of ether oxygens (including phenoxy) is 1. The molecule has 7 heteroatoms. The summed E-state index contributed by atoms with van der Waals surface area (Å²) in [6.07, 6.45) is 12.6. The lowest BCUT2D eigenvalue weighted by Crippen LogP contribution is -2.67. The zero-order valence-corrected chi connectivity index (χ0v) is 26.6. The zero-order valence-electron chi connectivity index (χ0n) is 25.8. The minimum Gasteiger partial charge on any atom is -0.497 e. The number of H-pyrrole nitrogens is 1. The normalized spacial score (nSPS) is 40.3. The maximum atomic E-state index is 14.5. The maximum absolute atomic E-state index is 14.5. The highest BCUT2D eigenvalue weighted by Crippen LogP contribution is 2.78. The SMILES string of the molecule is COc1ccc2nc(SC[C@]3(O)CC[C@H]4[C@]56C=C[C@@]7(C=C5C(=O)c5ccccc5)CC(O)CC[C@]7(C)[C@H]6CC[C@@]43C)[nH]c2c1. The molecule has 6 nitrogen and oxygen atoms in total. The lowest BCUT2D eigenvalue weighted by atomic mass is 9.32. The largest absolute Gasteiger partial charge is 0.497 e. The number of imidazole rings is 1. The molecule has 3 N–H and O–H groups in total. The van der Waals surface area contributed by atoms with Crippen molar-refractivity contribution in [1.82, 2.24) is 9.97 Å². The molecule has 230 valence electrons. The van der Waals surface area contributed by atoms with Crippen LogP contribution in [-0.2, 0) is 0 Å². The van der Waals surface area contributed by atoms with Gasteiger partial charge in [0, 0.05) is 39.2 Å². The van der Waals surface area contributed by atoms with E-state index in [4.69, 9.17) is 9.72 Å². The first kappa shape index (κ1) is 28.6. The van der Waals surface area contributed by atoms with Gasteiger partial charge in [0.15, 0.2) is 10.9 Å². The molecule has 1 aromatic heterocycles. The number of aromatic nitrogens is 2. The van der Waals surface area contributed by atoms with E-state index in [2.05, 4.69) is 37.1 Å². The highest BCUT2D eigenvalue weighted by Gasteiger charge is 2.74. The fourth-order valence-corrected chi connectivity index (χ4v) is 11.9. The average molecular weight is 611 g/mol. The predicted octanol–water partition coefficient (Wildman–Crippen LogP) is 7.14. The molecule has 3 saturated carbocycles. The van der Waals surface area contributed by atoms with Crippen LogP contribution in [0.15, 0.2) is 77.5 Å². The van der Waals surface area contributed by atoms with Crippen LogP contribution in [0.25, 0.3) is 11.0 Å². The molecule has 0 saturated heterocycles. The van der Waals surface area contributed by atoms with Gasteiger partial charge in [-0.2, -0.15) is 0 Å². The molecule has 6 aliphatic carbocycles. The van der Waals surface area contributed by atoms with Crippen molar-refractivity contribution in [2.24, 2.45) is 33.5 Å². The van der Waals surface area contributed by atoms with E-state index in [0.29, 0.717) is 24.5 Å². The number of aliphatic hydroxyl groups is 2. The number of aliphatic hydroxyl groups excluding tert-OH is 1. The Labute approximate surface area is 263 Å². The van der Waals surface area contributed by atoms with Crippen LogP contribution in [-0.4, -0.2) is 50.5 Å². The van der Waals surface area contributed by atoms with Gasteiger partial charge in [-0.25, -0.2) is 4.98 Å². The van der Waals surface area contributed by atoms with Crippen LogP contribution in [0, 0.1) is 33.5 Å². The number of allylic oxidation sites excluding steroid dienone is 4. The number of benzene rings is 2. The van der Waals surface area contributed by atoms with Crippen LogP contribution >= 0.6 is 11.8 Å². The molecular weight excluding hydrogens is 568 g/mol. The van der Waals surface area contributed by atoms with E-state index in [-0.39, 0.29) is 34.1 Å². The lowest BCUT2D eigenvalue weighted by molar-refractivity contribution is -0.166. The molecule has 0 radical (unpaired) electrons. The van der Waals surface area contributed by atoms with Crippen molar-refractivity contribution in [3.63, 3.8) is 0 Å². The van der Waals surface area contributed by atoms with Crippen molar-refractivity contribution >= 4 is 28.6 Å². The van der Waals surface area contributed by atoms with Gasteiger partial charge < -0.3 is 19.9 Å². The molecule has 8 atom stereocenters. The highest BCUT2D eigenvalue weighted by atomic mass is 32.2. The van der Waals surface area contributed by atoms with Crippen LogP contribution in [0.2, 0.25) is 0 Å². The highest BCUT2D eigenvalue weighted by molar-refractivity contribution is 7.99. The Morgan fingerprint density at radius 3 is 2.57 bits per heavy atom. The number of nitrogens with one attached hydrogen (secondary N) is 1. The molecule has 1 unspecified atom stereocenters. The Morgan fingerprint density at radius 1 is 1.02 bits per heavy atom. The van der Waals surface area contributed by atoms with E-state index in [1.807, 2.05) is 48.5 Å². The summed E-state index contributed by atoms with van der Waals surface area (Å²) in [4.78, 5) is 22.8. The molecule has 3 aromatic rings. The van der Waals surface area contributed by atoms with Crippen LogP contribution in [0.4, 0.5) is 0 Å². The molecule has 3 fully saturated rings. The quantitative estimate of drug-likeness (QED) is 0.156. The summed E-state index contributed by atoms with van der Waals surface area (Å²) in [5.74, 6) is 1.86. The summed E-state index contributed by atoms with van der Waals surface area (Å²) in [6.45, 7) is 4.72. The molecule has 2 spiro atoms. The summed E-state index contributed by atoms with van der Waals surface area (Å²) < 4.78 is 5.39. The number of hydrogen-bond acceptors (Lipinski definition) is 6. The summed E-state index contributed by atoms with van der Waals surface area (Å²) in [7, 11) is 1.66. The maximum Gasteiger partial charge on any atom is 0.189 e. The number of hydrogen-bond donors (Lipinski definition) is 3. The number of ketones is 1. The summed E-state index contributed by atoms with van der Waals surface area (Å²) in [5.41, 5.74) is 1.37. The summed E-state index contributed by atoms with van der Waals surface area (Å²) >= 11 is 1.59. The number of fused-ring (bicyclic) bond motifs is 2. The molecule has 9 rings (SSSR count). The van der Waals surface area contributed by atoms with Gasteiger partial charge in [-0.05, 0) is 74.3 Å².